The first-order chi connectivity index (χ1) is 19.7. The lowest BCUT2D eigenvalue weighted by atomic mass is 9.92. The molecule has 2 aromatic rings. The molecule has 4 rings (SSSR count). The summed E-state index contributed by atoms with van der Waals surface area (Å²) in [5.74, 6) is -0.330. The van der Waals surface area contributed by atoms with Crippen molar-refractivity contribution in [2.45, 2.75) is 51.9 Å². The first-order valence-corrected chi connectivity index (χ1v) is 13.5. The molecule has 2 aliphatic heterocycles. The molecule has 1 atom stereocenters. The van der Waals surface area contributed by atoms with Gasteiger partial charge in [0.1, 0.15) is 5.60 Å². The molecule has 0 radical (unpaired) electrons. The number of rotatable bonds is 7. The SMILES string of the molecule is CCN1CC2=C(C1=O)[C@@H](c1ccc(C#N)cc1)N(CCCNC(=O)OC(C)(C)C)C(=O)N2c1cccc(C(F)(F)F)c1. The molecule has 12 heteroatoms. The van der Waals surface area contributed by atoms with Crippen molar-refractivity contribution in [1.29, 1.82) is 5.26 Å². The molecular weight excluding hydrogens is 551 g/mol. The Kier molecular flexibility index (Phi) is 8.52. The number of carbonyl (C=O) groups excluding carboxylic acids is 3. The molecule has 2 heterocycles. The lowest BCUT2D eigenvalue weighted by Gasteiger charge is -2.42. The van der Waals surface area contributed by atoms with E-state index in [0.29, 0.717) is 23.4 Å². The quantitative estimate of drug-likeness (QED) is 0.428. The highest BCUT2D eigenvalue weighted by atomic mass is 19.4. The highest BCUT2D eigenvalue weighted by Crippen LogP contribution is 2.44. The number of ether oxygens (including phenoxy) is 1. The van der Waals surface area contributed by atoms with Crippen LogP contribution >= 0.6 is 0 Å². The second-order valence-electron chi connectivity index (χ2n) is 11.0. The van der Waals surface area contributed by atoms with Gasteiger partial charge in [0, 0.05) is 19.6 Å². The van der Waals surface area contributed by atoms with Gasteiger partial charge in [0.15, 0.2) is 0 Å². The minimum absolute atomic E-state index is 0.0109. The van der Waals surface area contributed by atoms with Crippen LogP contribution in [0.25, 0.3) is 0 Å². The third-order valence-corrected chi connectivity index (χ3v) is 6.87. The number of hydrogen-bond acceptors (Lipinski definition) is 5. The number of carbonyl (C=O) groups is 3. The highest BCUT2D eigenvalue weighted by Gasteiger charge is 2.48. The number of benzene rings is 2. The second kappa shape index (κ2) is 11.8. The maximum Gasteiger partial charge on any atom is 0.416 e. The van der Waals surface area contributed by atoms with Crippen LogP contribution in [-0.4, -0.2) is 59.6 Å². The molecule has 0 unspecified atom stereocenters. The van der Waals surface area contributed by atoms with E-state index in [-0.39, 0.29) is 43.2 Å². The summed E-state index contributed by atoms with van der Waals surface area (Å²) in [7, 11) is 0. The Bertz CT molecular complexity index is 1440. The molecule has 4 amide bonds. The fraction of sp³-hybridized carbons (Fsp3) is 0.400. The van der Waals surface area contributed by atoms with E-state index in [9.17, 15) is 32.8 Å². The van der Waals surface area contributed by atoms with E-state index in [0.717, 1.165) is 12.1 Å². The van der Waals surface area contributed by atoms with Crippen molar-refractivity contribution in [3.63, 3.8) is 0 Å². The van der Waals surface area contributed by atoms with Crippen LogP contribution in [0.3, 0.4) is 0 Å². The molecule has 0 aromatic heterocycles. The van der Waals surface area contributed by atoms with E-state index < -0.39 is 35.5 Å². The molecule has 0 spiro atoms. The van der Waals surface area contributed by atoms with Gasteiger partial charge >= 0.3 is 18.3 Å². The van der Waals surface area contributed by atoms with Gasteiger partial charge in [-0.1, -0.05) is 18.2 Å². The third-order valence-electron chi connectivity index (χ3n) is 6.87. The summed E-state index contributed by atoms with van der Waals surface area (Å²) in [5, 5.41) is 11.9. The predicted molar refractivity (Wildman–Crippen MR) is 148 cm³/mol. The topological polar surface area (TPSA) is 106 Å². The van der Waals surface area contributed by atoms with Crippen molar-refractivity contribution < 1.29 is 32.3 Å². The molecule has 2 aliphatic rings. The number of halogens is 3. The van der Waals surface area contributed by atoms with Crippen LogP contribution in [0, 0.1) is 11.3 Å². The van der Waals surface area contributed by atoms with E-state index in [1.807, 2.05) is 6.07 Å². The van der Waals surface area contributed by atoms with Crippen molar-refractivity contribution >= 4 is 23.7 Å². The molecule has 0 fully saturated rings. The van der Waals surface area contributed by atoms with Gasteiger partial charge in [-0.25, -0.2) is 9.59 Å². The summed E-state index contributed by atoms with van der Waals surface area (Å²) in [6.07, 6.45) is -5.00. The van der Waals surface area contributed by atoms with Gasteiger partial charge in [-0.05, 0) is 70.0 Å². The third kappa shape index (κ3) is 6.35. The summed E-state index contributed by atoms with van der Waals surface area (Å²) in [5.41, 5.74) is -0.0816. The van der Waals surface area contributed by atoms with Crippen molar-refractivity contribution in [1.82, 2.24) is 15.1 Å². The van der Waals surface area contributed by atoms with E-state index in [1.54, 1.807) is 52.0 Å². The van der Waals surface area contributed by atoms with Crippen LogP contribution in [0.4, 0.5) is 28.4 Å². The Morgan fingerprint density at radius 1 is 1.12 bits per heavy atom. The Balaban J connectivity index is 1.76. The smallest absolute Gasteiger partial charge is 0.416 e. The minimum Gasteiger partial charge on any atom is -0.444 e. The lowest BCUT2D eigenvalue weighted by molar-refractivity contribution is -0.137. The molecule has 0 saturated heterocycles. The Morgan fingerprint density at radius 2 is 1.81 bits per heavy atom. The van der Waals surface area contributed by atoms with Crippen molar-refractivity contribution in [3.8, 4) is 6.07 Å². The molecule has 0 saturated carbocycles. The summed E-state index contributed by atoms with van der Waals surface area (Å²) < 4.78 is 46.1. The zero-order valence-corrected chi connectivity index (χ0v) is 23.8. The number of nitrogens with zero attached hydrogens (tertiary/aromatic N) is 4. The van der Waals surface area contributed by atoms with Crippen LogP contribution in [0.2, 0.25) is 0 Å². The zero-order chi connectivity index (χ0) is 30.8. The number of likely N-dealkylation sites (N-methyl/N-ethyl adjacent to an activating group) is 1. The van der Waals surface area contributed by atoms with Crippen LogP contribution in [0.5, 0.6) is 0 Å². The number of anilines is 1. The normalized spacial score (nSPS) is 17.4. The van der Waals surface area contributed by atoms with Gasteiger partial charge < -0.3 is 19.9 Å². The number of nitrogens with one attached hydrogen (secondary N) is 1. The van der Waals surface area contributed by atoms with Gasteiger partial charge in [-0.3, -0.25) is 9.69 Å². The first-order valence-electron chi connectivity index (χ1n) is 13.5. The second-order valence-corrected chi connectivity index (χ2v) is 11.0. The lowest BCUT2D eigenvalue weighted by Crippen LogP contribution is -2.51. The molecule has 2 aromatic carbocycles. The van der Waals surface area contributed by atoms with Gasteiger partial charge in [0.2, 0.25) is 0 Å². The van der Waals surface area contributed by atoms with E-state index in [4.69, 9.17) is 4.74 Å². The molecule has 42 heavy (non-hydrogen) atoms. The van der Waals surface area contributed by atoms with E-state index >= 15 is 0 Å². The largest absolute Gasteiger partial charge is 0.444 e. The highest BCUT2D eigenvalue weighted by molar-refractivity contribution is 6.07. The first kappa shape index (κ1) is 30.4. The average molecular weight is 584 g/mol. The Morgan fingerprint density at radius 3 is 2.40 bits per heavy atom. The van der Waals surface area contributed by atoms with Crippen LogP contribution < -0.4 is 10.2 Å². The van der Waals surface area contributed by atoms with Crippen LogP contribution in [-0.2, 0) is 15.7 Å². The molecular formula is C30H32F3N5O4. The molecule has 0 bridgehead atoms. The van der Waals surface area contributed by atoms with Crippen molar-refractivity contribution in [2.24, 2.45) is 0 Å². The fourth-order valence-electron chi connectivity index (χ4n) is 5.02. The van der Waals surface area contributed by atoms with E-state index in [1.165, 1.54) is 26.8 Å². The Hall–Kier alpha value is -4.53. The number of amides is 4. The van der Waals surface area contributed by atoms with Crippen molar-refractivity contribution in [2.75, 3.05) is 31.1 Å². The summed E-state index contributed by atoms with van der Waals surface area (Å²) in [6, 6.07) is 11.5. The maximum atomic E-state index is 14.2. The molecule has 9 nitrogen and oxygen atoms in total. The minimum atomic E-state index is -4.63. The average Bonchev–Trinajstić information content (AvgIpc) is 3.25. The summed E-state index contributed by atoms with van der Waals surface area (Å²) in [6.45, 7) is 7.55. The van der Waals surface area contributed by atoms with Gasteiger partial charge in [0.25, 0.3) is 5.91 Å². The summed E-state index contributed by atoms with van der Waals surface area (Å²) >= 11 is 0. The predicted octanol–water partition coefficient (Wildman–Crippen LogP) is 5.59. The standard InChI is InChI=1S/C30H32F3N5O4/c1-5-36-18-23-24(26(36)39)25(20-12-10-19(17-34)11-13-20)37(15-7-14-35-27(40)42-29(2,3)4)28(41)38(23)22-9-6-8-21(16-22)30(31,32)33/h6,8-13,16,25H,5,7,14-15,18H2,1-4H3,(H,35,40)/t25-/m1/s1. The number of alkyl halides is 3. The number of alkyl carbamates (subject to hydrolysis) is 1. The molecule has 222 valence electrons. The van der Waals surface area contributed by atoms with Crippen LogP contribution in [0.15, 0.2) is 59.8 Å². The monoisotopic (exact) mass is 583 g/mol. The van der Waals surface area contributed by atoms with Crippen molar-refractivity contribution in [3.05, 3.63) is 76.5 Å². The number of hydrogen-bond donors (Lipinski definition) is 1. The molecule has 0 aliphatic carbocycles. The number of nitriles is 1. The Labute approximate surface area is 242 Å². The van der Waals surface area contributed by atoms with E-state index in [2.05, 4.69) is 5.32 Å². The fourth-order valence-corrected chi connectivity index (χ4v) is 5.02. The maximum absolute atomic E-state index is 14.2. The zero-order valence-electron chi connectivity index (χ0n) is 23.8. The van der Waals surface area contributed by atoms with Gasteiger partial charge in [-0.2, -0.15) is 18.4 Å². The van der Waals surface area contributed by atoms with Gasteiger partial charge in [-0.15, -0.1) is 0 Å². The van der Waals surface area contributed by atoms with Crippen LogP contribution in [0.1, 0.15) is 56.8 Å². The van der Waals surface area contributed by atoms with Gasteiger partial charge in [0.05, 0.1) is 46.7 Å². The molecule has 1 N–H and O–H groups in total. The summed E-state index contributed by atoms with van der Waals surface area (Å²) in [4.78, 5) is 44.1. The number of urea groups is 1.